The Balaban J connectivity index is 1.42. The summed E-state index contributed by atoms with van der Waals surface area (Å²) in [7, 11) is 0. The van der Waals surface area contributed by atoms with Crippen molar-refractivity contribution in [3.8, 4) is 5.88 Å². The third-order valence-electron chi connectivity index (χ3n) is 7.32. The van der Waals surface area contributed by atoms with Crippen molar-refractivity contribution in [1.82, 2.24) is 9.97 Å². The van der Waals surface area contributed by atoms with Gasteiger partial charge in [-0.15, -0.1) is 0 Å². The number of nitrogens with zero attached hydrogens (tertiary/aromatic N) is 1. The molecule has 2 aliphatic carbocycles. The highest BCUT2D eigenvalue weighted by Gasteiger charge is 2.44. The Morgan fingerprint density at radius 3 is 2.55 bits per heavy atom. The van der Waals surface area contributed by atoms with Gasteiger partial charge in [-0.05, 0) is 55.2 Å². The van der Waals surface area contributed by atoms with Crippen molar-refractivity contribution in [2.75, 3.05) is 5.32 Å². The molecule has 0 amide bonds. The topological polar surface area (TPSA) is 49.9 Å². The van der Waals surface area contributed by atoms with Gasteiger partial charge in [0.25, 0.3) is 5.92 Å². The zero-order valence-corrected chi connectivity index (χ0v) is 18.6. The molecule has 2 aromatic heterocycles. The predicted octanol–water partition coefficient (Wildman–Crippen LogP) is 6.77. The minimum absolute atomic E-state index is 0.113. The number of aromatic amines is 1. The van der Waals surface area contributed by atoms with Crippen LogP contribution in [0, 0.1) is 29.4 Å². The molecule has 0 bridgehead atoms. The predicted molar refractivity (Wildman–Crippen MR) is 118 cm³/mol. The Labute approximate surface area is 189 Å². The van der Waals surface area contributed by atoms with E-state index in [-0.39, 0.29) is 29.6 Å². The van der Waals surface area contributed by atoms with Gasteiger partial charge in [-0.25, -0.2) is 22.5 Å². The van der Waals surface area contributed by atoms with Gasteiger partial charge in [-0.2, -0.15) is 0 Å². The number of fused-ring (bicyclic) bond motifs is 2. The molecule has 2 heterocycles. The van der Waals surface area contributed by atoms with Crippen molar-refractivity contribution in [2.24, 2.45) is 17.8 Å². The van der Waals surface area contributed by atoms with Crippen LogP contribution in [0.15, 0.2) is 30.3 Å². The highest BCUT2D eigenvalue weighted by molar-refractivity contribution is 5.81. The van der Waals surface area contributed by atoms with E-state index in [0.717, 1.165) is 44.2 Å². The van der Waals surface area contributed by atoms with Gasteiger partial charge in [0.2, 0.25) is 0 Å². The van der Waals surface area contributed by atoms with Gasteiger partial charge in [0, 0.05) is 25.1 Å². The van der Waals surface area contributed by atoms with Crippen molar-refractivity contribution in [2.45, 2.75) is 58.1 Å². The summed E-state index contributed by atoms with van der Waals surface area (Å²) in [5.74, 6) is -2.37. The maximum Gasteiger partial charge on any atom is 0.274 e. The normalized spacial score (nSPS) is 24.9. The lowest BCUT2D eigenvalue weighted by atomic mass is 9.93. The SMILES string of the molecule is CC1CCC2C(Oc3cc4nc(NCc5c(F)cccc5F)c(C(C)(F)F)cc4[nH]3)CCC12. The number of nitrogens with one attached hydrogen (secondary N) is 2. The van der Waals surface area contributed by atoms with Crippen LogP contribution in [0.25, 0.3) is 11.0 Å². The summed E-state index contributed by atoms with van der Waals surface area (Å²) in [6, 6.07) is 6.53. The number of H-pyrrole nitrogens is 1. The third-order valence-corrected chi connectivity index (χ3v) is 7.32. The lowest BCUT2D eigenvalue weighted by Gasteiger charge is -2.19. The molecule has 0 radical (unpaired) electrons. The second-order valence-corrected chi connectivity index (χ2v) is 9.51. The maximum absolute atomic E-state index is 14.4. The second kappa shape index (κ2) is 8.22. The van der Waals surface area contributed by atoms with E-state index in [1.807, 2.05) is 0 Å². The van der Waals surface area contributed by atoms with E-state index in [0.29, 0.717) is 28.7 Å². The standard InChI is InChI=1S/C25H27F4N3O/c1-13-6-7-15-14(13)8-9-22(15)33-23-11-21-20(31-23)10-17(25(2,28)29)24(32-21)30-12-16-18(26)4-3-5-19(16)27/h3-5,10-11,13-15,22,31H,6-9,12H2,1-2H3,(H,30,32). The zero-order chi connectivity index (χ0) is 23.3. The molecule has 2 saturated carbocycles. The molecule has 2 fully saturated rings. The van der Waals surface area contributed by atoms with Crippen LogP contribution in [-0.2, 0) is 12.5 Å². The van der Waals surface area contributed by atoms with Gasteiger partial charge < -0.3 is 15.0 Å². The van der Waals surface area contributed by atoms with Crippen molar-refractivity contribution >= 4 is 16.9 Å². The lowest BCUT2D eigenvalue weighted by Crippen LogP contribution is -2.22. The first kappa shape index (κ1) is 22.0. The minimum atomic E-state index is -3.21. The van der Waals surface area contributed by atoms with E-state index in [2.05, 4.69) is 22.2 Å². The smallest absolute Gasteiger partial charge is 0.274 e. The molecule has 0 aliphatic heterocycles. The number of anilines is 1. The number of benzene rings is 1. The largest absolute Gasteiger partial charge is 0.475 e. The van der Waals surface area contributed by atoms with Crippen LogP contribution in [0.4, 0.5) is 23.4 Å². The maximum atomic E-state index is 14.4. The van der Waals surface area contributed by atoms with Crippen LogP contribution in [-0.4, -0.2) is 16.1 Å². The van der Waals surface area contributed by atoms with Crippen LogP contribution in [0.5, 0.6) is 5.88 Å². The van der Waals surface area contributed by atoms with Crippen LogP contribution in [0.2, 0.25) is 0 Å². The van der Waals surface area contributed by atoms with E-state index in [4.69, 9.17) is 4.74 Å². The second-order valence-electron chi connectivity index (χ2n) is 9.51. The summed E-state index contributed by atoms with van der Waals surface area (Å²) >= 11 is 0. The van der Waals surface area contributed by atoms with Gasteiger partial charge in [0.15, 0.2) is 5.88 Å². The van der Waals surface area contributed by atoms with E-state index >= 15 is 0 Å². The zero-order valence-electron chi connectivity index (χ0n) is 18.6. The van der Waals surface area contributed by atoms with Gasteiger partial charge in [0.1, 0.15) is 23.6 Å². The number of rotatable bonds is 6. The Hall–Kier alpha value is -2.77. The molecule has 5 rings (SSSR count). The molecule has 2 N–H and O–H groups in total. The summed E-state index contributed by atoms with van der Waals surface area (Å²) < 4.78 is 63.0. The first-order valence-electron chi connectivity index (χ1n) is 11.5. The minimum Gasteiger partial charge on any atom is -0.475 e. The number of halogens is 4. The lowest BCUT2D eigenvalue weighted by molar-refractivity contribution is 0.0180. The summed E-state index contributed by atoms with van der Waals surface area (Å²) in [6.07, 6.45) is 4.63. The molecule has 3 aromatic rings. The fourth-order valence-corrected chi connectivity index (χ4v) is 5.58. The first-order chi connectivity index (χ1) is 15.7. The van der Waals surface area contributed by atoms with Crippen LogP contribution in [0.3, 0.4) is 0 Å². The van der Waals surface area contributed by atoms with E-state index in [1.54, 1.807) is 6.07 Å². The first-order valence-corrected chi connectivity index (χ1v) is 11.5. The van der Waals surface area contributed by atoms with Gasteiger partial charge >= 0.3 is 0 Å². The van der Waals surface area contributed by atoms with E-state index in [1.165, 1.54) is 18.6 Å². The number of aromatic nitrogens is 2. The summed E-state index contributed by atoms with van der Waals surface area (Å²) in [5.41, 5.74) is 0.289. The van der Waals surface area contributed by atoms with Crippen LogP contribution >= 0.6 is 0 Å². The summed E-state index contributed by atoms with van der Waals surface area (Å²) in [4.78, 5) is 7.42. The monoisotopic (exact) mass is 461 g/mol. The molecule has 2 aliphatic rings. The molecule has 8 heteroatoms. The average molecular weight is 462 g/mol. The number of ether oxygens (including phenoxy) is 1. The molecule has 176 valence electrons. The average Bonchev–Trinajstić information content (AvgIpc) is 3.43. The molecule has 4 nitrogen and oxygen atoms in total. The van der Waals surface area contributed by atoms with Crippen molar-refractivity contribution in [3.63, 3.8) is 0 Å². The van der Waals surface area contributed by atoms with Gasteiger partial charge in [0.05, 0.1) is 16.6 Å². The van der Waals surface area contributed by atoms with Crippen molar-refractivity contribution in [3.05, 3.63) is 53.1 Å². The Bertz CT molecular complexity index is 1150. The quantitative estimate of drug-likeness (QED) is 0.399. The highest BCUT2D eigenvalue weighted by atomic mass is 19.3. The Kier molecular flexibility index (Phi) is 5.49. The third kappa shape index (κ3) is 4.15. The number of hydrogen-bond donors (Lipinski definition) is 2. The van der Waals surface area contributed by atoms with E-state index in [9.17, 15) is 17.6 Å². The number of pyridine rings is 1. The molecular weight excluding hydrogens is 434 g/mol. The molecule has 1 aromatic carbocycles. The van der Waals surface area contributed by atoms with Gasteiger partial charge in [-0.3, -0.25) is 0 Å². The fourth-order valence-electron chi connectivity index (χ4n) is 5.58. The van der Waals surface area contributed by atoms with Crippen LogP contribution in [0.1, 0.15) is 50.7 Å². The molecule has 4 unspecified atom stereocenters. The van der Waals surface area contributed by atoms with Crippen LogP contribution < -0.4 is 10.1 Å². The molecular formula is C25H27F4N3O. The number of hydrogen-bond acceptors (Lipinski definition) is 3. The molecule has 0 spiro atoms. The summed E-state index contributed by atoms with van der Waals surface area (Å²) in [6.45, 7) is 2.76. The summed E-state index contributed by atoms with van der Waals surface area (Å²) in [5, 5.41) is 2.70. The fraction of sp³-hybridized carbons (Fsp3) is 0.480. The highest BCUT2D eigenvalue weighted by Crippen LogP contribution is 2.48. The Morgan fingerprint density at radius 1 is 1.09 bits per heavy atom. The van der Waals surface area contributed by atoms with Crippen molar-refractivity contribution < 1.29 is 22.3 Å². The van der Waals surface area contributed by atoms with Crippen molar-refractivity contribution in [1.29, 1.82) is 0 Å². The molecule has 4 atom stereocenters. The molecule has 33 heavy (non-hydrogen) atoms. The Morgan fingerprint density at radius 2 is 1.82 bits per heavy atom. The van der Waals surface area contributed by atoms with Gasteiger partial charge in [-0.1, -0.05) is 19.4 Å². The number of alkyl halides is 2. The molecule has 0 saturated heterocycles. The van der Waals surface area contributed by atoms with E-state index < -0.39 is 17.6 Å².